The molecule has 0 bridgehead atoms. The van der Waals surface area contributed by atoms with Gasteiger partial charge in [0.25, 0.3) is 0 Å². The number of rotatable bonds is 5. The van der Waals surface area contributed by atoms with E-state index < -0.39 is 5.79 Å². The third kappa shape index (κ3) is 2.95. The van der Waals surface area contributed by atoms with Gasteiger partial charge in [-0.05, 0) is 25.3 Å². The number of hydrogen-bond donors (Lipinski definition) is 1. The first-order valence-electron chi connectivity index (χ1n) is 6.86. The molecule has 2 unspecified atom stereocenters. The highest BCUT2D eigenvalue weighted by atomic mass is 35.5. The van der Waals surface area contributed by atoms with Gasteiger partial charge in [-0.15, -0.1) is 0 Å². The van der Waals surface area contributed by atoms with Crippen LogP contribution in [0.25, 0.3) is 0 Å². The molecule has 0 radical (unpaired) electrons. The molecule has 1 aromatic carbocycles. The SMILES string of the molecule is CCC1(CC)OC(CCO)C(c2ccccc2Cl)O1. The predicted molar refractivity (Wildman–Crippen MR) is 75.2 cm³/mol. The van der Waals surface area contributed by atoms with Crippen molar-refractivity contribution in [2.45, 2.75) is 51.1 Å². The molecule has 4 heteroatoms. The van der Waals surface area contributed by atoms with Crippen molar-refractivity contribution in [3.63, 3.8) is 0 Å². The van der Waals surface area contributed by atoms with Crippen molar-refractivity contribution in [3.05, 3.63) is 34.9 Å². The molecule has 1 aliphatic rings. The summed E-state index contributed by atoms with van der Waals surface area (Å²) < 4.78 is 12.2. The molecule has 0 spiro atoms. The van der Waals surface area contributed by atoms with E-state index in [2.05, 4.69) is 13.8 Å². The molecule has 0 saturated carbocycles. The summed E-state index contributed by atoms with van der Waals surface area (Å²) in [5.41, 5.74) is 0.936. The Hall–Kier alpha value is -0.610. The summed E-state index contributed by atoms with van der Waals surface area (Å²) in [6, 6.07) is 7.66. The molecule has 106 valence electrons. The summed E-state index contributed by atoms with van der Waals surface area (Å²) in [6.45, 7) is 4.18. The van der Waals surface area contributed by atoms with Crippen LogP contribution in [0, 0.1) is 0 Å². The van der Waals surface area contributed by atoms with Crippen LogP contribution in [-0.2, 0) is 9.47 Å². The van der Waals surface area contributed by atoms with Crippen LogP contribution in [0.1, 0.15) is 44.8 Å². The van der Waals surface area contributed by atoms with E-state index in [0.29, 0.717) is 11.4 Å². The third-order valence-corrected chi connectivity index (χ3v) is 4.09. The zero-order valence-corrected chi connectivity index (χ0v) is 12.2. The largest absolute Gasteiger partial charge is 0.396 e. The zero-order chi connectivity index (χ0) is 13.9. The van der Waals surface area contributed by atoms with Crippen LogP contribution in [0.3, 0.4) is 0 Å². The Balaban J connectivity index is 2.29. The van der Waals surface area contributed by atoms with E-state index in [9.17, 15) is 5.11 Å². The lowest BCUT2D eigenvalue weighted by atomic mass is 10.0. The minimum Gasteiger partial charge on any atom is -0.396 e. The summed E-state index contributed by atoms with van der Waals surface area (Å²) in [5, 5.41) is 9.89. The standard InChI is InChI=1S/C15H21ClO3/c1-3-15(4-2)18-13(9-10-17)14(19-15)11-7-5-6-8-12(11)16/h5-8,13-14,17H,3-4,9-10H2,1-2H3. The fourth-order valence-corrected chi connectivity index (χ4v) is 2.81. The second kappa shape index (κ2) is 6.23. The van der Waals surface area contributed by atoms with Crippen molar-refractivity contribution < 1.29 is 14.6 Å². The summed E-state index contributed by atoms with van der Waals surface area (Å²) in [7, 11) is 0. The lowest BCUT2D eigenvalue weighted by Gasteiger charge is -2.25. The molecule has 3 nitrogen and oxygen atoms in total. The molecule has 1 fully saturated rings. The second-order valence-corrected chi connectivity index (χ2v) is 5.25. The van der Waals surface area contributed by atoms with Crippen molar-refractivity contribution >= 4 is 11.6 Å². The van der Waals surface area contributed by atoms with Crippen LogP contribution in [0.5, 0.6) is 0 Å². The average Bonchev–Trinajstić information content (AvgIpc) is 2.79. The van der Waals surface area contributed by atoms with Gasteiger partial charge in [-0.3, -0.25) is 0 Å². The number of aliphatic hydroxyl groups is 1. The Morgan fingerprint density at radius 2 is 1.89 bits per heavy atom. The Morgan fingerprint density at radius 1 is 1.21 bits per heavy atom. The van der Waals surface area contributed by atoms with E-state index >= 15 is 0 Å². The lowest BCUT2D eigenvalue weighted by molar-refractivity contribution is -0.180. The molecular weight excluding hydrogens is 264 g/mol. The van der Waals surface area contributed by atoms with Crippen LogP contribution in [-0.4, -0.2) is 23.6 Å². The van der Waals surface area contributed by atoms with E-state index in [1.807, 2.05) is 24.3 Å². The van der Waals surface area contributed by atoms with Gasteiger partial charge >= 0.3 is 0 Å². The maximum atomic E-state index is 9.21. The van der Waals surface area contributed by atoms with Gasteiger partial charge in [-0.25, -0.2) is 0 Å². The summed E-state index contributed by atoms with van der Waals surface area (Å²) in [4.78, 5) is 0. The minimum atomic E-state index is -0.552. The monoisotopic (exact) mass is 284 g/mol. The van der Waals surface area contributed by atoms with Gasteiger partial charge in [0.05, 0.1) is 6.10 Å². The normalized spacial score (nSPS) is 25.7. The Kier molecular flexibility index (Phi) is 4.85. The van der Waals surface area contributed by atoms with E-state index in [4.69, 9.17) is 21.1 Å². The first-order valence-corrected chi connectivity index (χ1v) is 7.24. The van der Waals surface area contributed by atoms with Gasteiger partial charge in [0, 0.05) is 17.2 Å². The van der Waals surface area contributed by atoms with Crippen molar-refractivity contribution in [2.75, 3.05) is 6.61 Å². The minimum absolute atomic E-state index is 0.0818. The molecule has 2 rings (SSSR count). The molecule has 1 saturated heterocycles. The predicted octanol–water partition coefficient (Wildman–Crippen LogP) is 3.70. The number of aliphatic hydroxyl groups excluding tert-OH is 1. The van der Waals surface area contributed by atoms with E-state index in [-0.39, 0.29) is 18.8 Å². The van der Waals surface area contributed by atoms with Crippen LogP contribution in [0.2, 0.25) is 5.02 Å². The molecule has 0 amide bonds. The summed E-state index contributed by atoms with van der Waals surface area (Å²) in [6.07, 6.45) is 1.77. The molecule has 19 heavy (non-hydrogen) atoms. The van der Waals surface area contributed by atoms with Gasteiger partial charge < -0.3 is 14.6 Å². The van der Waals surface area contributed by atoms with Crippen molar-refractivity contribution in [2.24, 2.45) is 0 Å². The topological polar surface area (TPSA) is 38.7 Å². The Morgan fingerprint density at radius 3 is 2.47 bits per heavy atom. The quantitative estimate of drug-likeness (QED) is 0.896. The highest BCUT2D eigenvalue weighted by molar-refractivity contribution is 6.31. The van der Waals surface area contributed by atoms with Crippen molar-refractivity contribution in [1.82, 2.24) is 0 Å². The van der Waals surface area contributed by atoms with Crippen LogP contribution >= 0.6 is 11.6 Å². The molecule has 1 heterocycles. The van der Waals surface area contributed by atoms with Crippen LogP contribution < -0.4 is 0 Å². The molecule has 2 atom stereocenters. The first-order chi connectivity index (χ1) is 9.15. The molecule has 0 aliphatic carbocycles. The smallest absolute Gasteiger partial charge is 0.169 e. The highest BCUT2D eigenvalue weighted by Crippen LogP contribution is 2.44. The molecule has 1 aliphatic heterocycles. The maximum absolute atomic E-state index is 9.21. The first kappa shape index (κ1) is 14.8. The van der Waals surface area contributed by atoms with Gasteiger partial charge in [0.2, 0.25) is 0 Å². The number of ether oxygens (including phenoxy) is 2. The molecule has 0 aromatic heterocycles. The van der Waals surface area contributed by atoms with Crippen molar-refractivity contribution in [3.8, 4) is 0 Å². The molecular formula is C15H21ClO3. The van der Waals surface area contributed by atoms with Gasteiger partial charge in [0.15, 0.2) is 5.79 Å². The Bertz CT molecular complexity index is 418. The summed E-state index contributed by atoms with van der Waals surface area (Å²) >= 11 is 6.25. The van der Waals surface area contributed by atoms with Gasteiger partial charge in [-0.2, -0.15) is 0 Å². The maximum Gasteiger partial charge on any atom is 0.169 e. The van der Waals surface area contributed by atoms with Gasteiger partial charge in [0.1, 0.15) is 6.10 Å². The van der Waals surface area contributed by atoms with E-state index in [1.165, 1.54) is 0 Å². The van der Waals surface area contributed by atoms with Crippen LogP contribution in [0.15, 0.2) is 24.3 Å². The zero-order valence-electron chi connectivity index (χ0n) is 11.4. The average molecular weight is 285 g/mol. The second-order valence-electron chi connectivity index (χ2n) is 4.85. The fraction of sp³-hybridized carbons (Fsp3) is 0.600. The van der Waals surface area contributed by atoms with E-state index in [1.54, 1.807) is 0 Å². The van der Waals surface area contributed by atoms with Gasteiger partial charge in [-0.1, -0.05) is 43.6 Å². The molecule has 1 N–H and O–H groups in total. The van der Waals surface area contributed by atoms with Crippen molar-refractivity contribution in [1.29, 1.82) is 0 Å². The molecule has 1 aromatic rings. The number of halogens is 1. The Labute approximate surface area is 119 Å². The van der Waals surface area contributed by atoms with Crippen LogP contribution in [0.4, 0.5) is 0 Å². The number of benzene rings is 1. The fourth-order valence-electron chi connectivity index (χ4n) is 2.56. The number of hydrogen-bond acceptors (Lipinski definition) is 3. The highest BCUT2D eigenvalue weighted by Gasteiger charge is 2.46. The van der Waals surface area contributed by atoms with E-state index in [0.717, 1.165) is 18.4 Å². The third-order valence-electron chi connectivity index (χ3n) is 3.75. The lowest BCUT2D eigenvalue weighted by Crippen LogP contribution is -2.29. The summed E-state index contributed by atoms with van der Waals surface area (Å²) in [5.74, 6) is -0.552.